The summed E-state index contributed by atoms with van der Waals surface area (Å²) < 4.78 is 6.23. The fourth-order valence-electron chi connectivity index (χ4n) is 5.78. The molecule has 38 heavy (non-hydrogen) atoms. The highest BCUT2D eigenvalue weighted by Gasteiger charge is 2.33. The van der Waals surface area contributed by atoms with Crippen molar-refractivity contribution in [1.29, 1.82) is 0 Å². The van der Waals surface area contributed by atoms with Crippen LogP contribution in [0.5, 0.6) is 5.75 Å². The van der Waals surface area contributed by atoms with Crippen molar-refractivity contribution in [3.63, 3.8) is 0 Å². The Labute approximate surface area is 231 Å². The highest BCUT2D eigenvalue weighted by atomic mass is 35.5. The number of allylic oxidation sites excluding steroid dienone is 2. The van der Waals surface area contributed by atoms with Gasteiger partial charge < -0.3 is 14.7 Å². The lowest BCUT2D eigenvalue weighted by Crippen LogP contribution is -2.42. The maximum absolute atomic E-state index is 11.3. The summed E-state index contributed by atoms with van der Waals surface area (Å²) in [7, 11) is 0. The first-order chi connectivity index (χ1) is 18.4. The number of nitrogens with zero attached hydrogens (tertiary/aromatic N) is 2. The first-order valence-electron chi connectivity index (χ1n) is 13.7. The van der Waals surface area contributed by atoms with E-state index in [9.17, 15) is 5.11 Å². The lowest BCUT2D eigenvalue weighted by atomic mass is 9.84. The molecular weight excluding hydrogens is 492 g/mol. The van der Waals surface area contributed by atoms with Crippen molar-refractivity contribution in [3.05, 3.63) is 106 Å². The second kappa shape index (κ2) is 11.4. The van der Waals surface area contributed by atoms with Crippen LogP contribution in [0, 0.1) is 5.92 Å². The van der Waals surface area contributed by atoms with Crippen LogP contribution in [0.4, 0.5) is 0 Å². The van der Waals surface area contributed by atoms with Crippen molar-refractivity contribution in [1.82, 2.24) is 9.88 Å². The fourth-order valence-corrected chi connectivity index (χ4v) is 5.90. The summed E-state index contributed by atoms with van der Waals surface area (Å²) in [6.07, 6.45) is 8.76. The van der Waals surface area contributed by atoms with E-state index < -0.39 is 5.60 Å². The predicted octanol–water partition coefficient (Wildman–Crippen LogP) is 7.49. The number of ether oxygens (including phenoxy) is 1. The summed E-state index contributed by atoms with van der Waals surface area (Å²) in [6, 6.07) is 18.4. The Kier molecular flexibility index (Phi) is 8.04. The number of likely N-dealkylation sites (tertiary alicyclic amines) is 1. The third kappa shape index (κ3) is 5.58. The van der Waals surface area contributed by atoms with E-state index in [1.54, 1.807) is 0 Å². The number of rotatable bonds is 6. The molecule has 1 fully saturated rings. The van der Waals surface area contributed by atoms with Gasteiger partial charge in [-0.05, 0) is 84.7 Å². The molecule has 3 heterocycles. The molecule has 0 atom stereocenters. The SMILES string of the molecule is C/C=C(/c1ccc2c(c1)/C(=C/CCN1CCC(O)(c3ccc(Cl)cc3)CC1)c1cccnc1CO2)C(C)C. The smallest absolute Gasteiger partial charge is 0.131 e. The minimum absolute atomic E-state index is 0.441. The van der Waals surface area contributed by atoms with Gasteiger partial charge in [-0.15, -0.1) is 0 Å². The Balaban J connectivity index is 1.36. The van der Waals surface area contributed by atoms with Gasteiger partial charge in [0.05, 0.1) is 11.3 Å². The van der Waals surface area contributed by atoms with Crippen LogP contribution in [-0.2, 0) is 12.2 Å². The van der Waals surface area contributed by atoms with Crippen LogP contribution in [0.1, 0.15) is 68.0 Å². The molecule has 0 bridgehead atoms. The van der Waals surface area contributed by atoms with E-state index in [0.29, 0.717) is 17.5 Å². The second-order valence-electron chi connectivity index (χ2n) is 10.7. The first-order valence-corrected chi connectivity index (χ1v) is 14.0. The summed E-state index contributed by atoms with van der Waals surface area (Å²) in [4.78, 5) is 7.09. The minimum atomic E-state index is -0.779. The summed E-state index contributed by atoms with van der Waals surface area (Å²) in [5, 5.41) is 12.0. The number of aliphatic hydroxyl groups is 1. The molecule has 2 aliphatic heterocycles. The Hall–Kier alpha value is -2.92. The van der Waals surface area contributed by atoms with Crippen LogP contribution in [0.3, 0.4) is 0 Å². The molecule has 5 heteroatoms. The van der Waals surface area contributed by atoms with Crippen molar-refractivity contribution >= 4 is 22.7 Å². The van der Waals surface area contributed by atoms with Gasteiger partial charge in [0.2, 0.25) is 0 Å². The number of aromatic nitrogens is 1. The van der Waals surface area contributed by atoms with Gasteiger partial charge in [-0.1, -0.05) is 61.9 Å². The van der Waals surface area contributed by atoms with Gasteiger partial charge in [-0.2, -0.15) is 0 Å². The highest BCUT2D eigenvalue weighted by molar-refractivity contribution is 6.30. The average molecular weight is 529 g/mol. The Morgan fingerprint density at radius 3 is 2.58 bits per heavy atom. The summed E-state index contributed by atoms with van der Waals surface area (Å²) in [5.74, 6) is 1.35. The molecule has 2 aliphatic rings. The van der Waals surface area contributed by atoms with Gasteiger partial charge in [-0.25, -0.2) is 0 Å². The molecule has 4 nitrogen and oxygen atoms in total. The number of piperidine rings is 1. The van der Waals surface area contributed by atoms with Crippen molar-refractivity contribution in [2.75, 3.05) is 19.6 Å². The molecule has 0 spiro atoms. The molecule has 2 aromatic carbocycles. The number of pyridine rings is 1. The van der Waals surface area contributed by atoms with Crippen LogP contribution in [0.15, 0.2) is 72.9 Å². The molecule has 1 saturated heterocycles. The number of fused-ring (bicyclic) bond motifs is 2. The number of benzene rings is 2. The molecule has 1 N–H and O–H groups in total. The van der Waals surface area contributed by atoms with Crippen LogP contribution in [-0.4, -0.2) is 34.6 Å². The van der Waals surface area contributed by atoms with Crippen molar-refractivity contribution < 1.29 is 9.84 Å². The number of hydrogen-bond acceptors (Lipinski definition) is 4. The monoisotopic (exact) mass is 528 g/mol. The van der Waals surface area contributed by atoms with Gasteiger partial charge in [0.25, 0.3) is 0 Å². The van der Waals surface area contributed by atoms with Gasteiger partial charge in [0, 0.05) is 42.0 Å². The molecule has 3 aromatic rings. The van der Waals surface area contributed by atoms with Crippen molar-refractivity contribution in [2.24, 2.45) is 5.92 Å². The molecule has 0 radical (unpaired) electrons. The lowest BCUT2D eigenvalue weighted by molar-refractivity contribution is -0.0254. The molecule has 0 saturated carbocycles. The second-order valence-corrected chi connectivity index (χ2v) is 11.1. The topological polar surface area (TPSA) is 45.6 Å². The van der Waals surface area contributed by atoms with Gasteiger partial charge in [0.15, 0.2) is 0 Å². The molecule has 198 valence electrons. The molecule has 0 aliphatic carbocycles. The van der Waals surface area contributed by atoms with Crippen LogP contribution < -0.4 is 4.74 Å². The quantitative estimate of drug-likeness (QED) is 0.360. The van der Waals surface area contributed by atoms with E-state index in [2.05, 4.69) is 67.1 Å². The highest BCUT2D eigenvalue weighted by Crippen LogP contribution is 2.39. The lowest BCUT2D eigenvalue weighted by Gasteiger charge is -2.38. The zero-order valence-corrected chi connectivity index (χ0v) is 23.3. The van der Waals surface area contributed by atoms with E-state index in [-0.39, 0.29) is 0 Å². The zero-order valence-electron chi connectivity index (χ0n) is 22.6. The van der Waals surface area contributed by atoms with Crippen LogP contribution in [0.2, 0.25) is 5.02 Å². The van der Waals surface area contributed by atoms with Crippen LogP contribution >= 0.6 is 11.6 Å². The van der Waals surface area contributed by atoms with E-state index in [4.69, 9.17) is 16.3 Å². The minimum Gasteiger partial charge on any atom is -0.487 e. The summed E-state index contributed by atoms with van der Waals surface area (Å²) >= 11 is 6.05. The van der Waals surface area contributed by atoms with E-state index in [0.717, 1.165) is 67.0 Å². The average Bonchev–Trinajstić information content (AvgIpc) is 3.07. The normalized spacial score (nSPS) is 18.6. The summed E-state index contributed by atoms with van der Waals surface area (Å²) in [6.45, 7) is 9.72. The Morgan fingerprint density at radius 2 is 1.87 bits per heavy atom. The molecule has 5 rings (SSSR count). The Morgan fingerprint density at radius 1 is 1.11 bits per heavy atom. The zero-order chi connectivity index (χ0) is 26.7. The maximum Gasteiger partial charge on any atom is 0.131 e. The van der Waals surface area contributed by atoms with Crippen molar-refractivity contribution in [2.45, 2.75) is 52.2 Å². The molecule has 0 unspecified atom stereocenters. The molecule has 1 aromatic heterocycles. The summed E-state index contributed by atoms with van der Waals surface area (Å²) in [5.41, 5.74) is 7.19. The van der Waals surface area contributed by atoms with Gasteiger partial charge in [0.1, 0.15) is 12.4 Å². The van der Waals surface area contributed by atoms with Crippen molar-refractivity contribution in [3.8, 4) is 5.75 Å². The predicted molar refractivity (Wildman–Crippen MR) is 156 cm³/mol. The molecular formula is C33H37ClN2O2. The van der Waals surface area contributed by atoms with Gasteiger partial charge in [-0.3, -0.25) is 4.98 Å². The largest absolute Gasteiger partial charge is 0.487 e. The Bertz CT molecular complexity index is 1340. The number of halogens is 1. The number of hydrogen-bond donors (Lipinski definition) is 1. The van der Waals surface area contributed by atoms with E-state index >= 15 is 0 Å². The standard InChI is InChI=1S/C33H37ClN2O2/c1-4-27(23(2)3)24-9-14-32-30(21-24)28(29-7-5-17-35-31(29)22-38-32)8-6-18-36-19-15-33(37,16-20-36)25-10-12-26(34)13-11-25/h4-5,7-14,17,21,23,37H,6,15-16,18-20,22H2,1-3H3/b27-4+,28-8+. The van der Waals surface area contributed by atoms with Gasteiger partial charge >= 0.3 is 0 Å². The maximum atomic E-state index is 11.3. The third-order valence-electron chi connectivity index (χ3n) is 7.94. The van der Waals surface area contributed by atoms with E-state index in [1.807, 2.05) is 36.5 Å². The fraction of sp³-hybridized carbons (Fsp3) is 0.364. The van der Waals surface area contributed by atoms with Crippen LogP contribution in [0.25, 0.3) is 11.1 Å². The third-order valence-corrected chi connectivity index (χ3v) is 8.19. The first kappa shape index (κ1) is 26.7. The molecule has 0 amide bonds. The van der Waals surface area contributed by atoms with E-state index in [1.165, 1.54) is 16.7 Å².